The molecule has 0 aromatic heterocycles. The van der Waals surface area contributed by atoms with Crippen molar-refractivity contribution in [3.8, 4) is 5.75 Å². The highest BCUT2D eigenvalue weighted by Crippen LogP contribution is 2.29. The highest BCUT2D eigenvalue weighted by atomic mass is 19.1. The van der Waals surface area contributed by atoms with Crippen LogP contribution in [0.1, 0.15) is 18.0 Å². The molecule has 1 aliphatic heterocycles. The van der Waals surface area contributed by atoms with Crippen LogP contribution in [0, 0.1) is 5.82 Å². The molecule has 0 amide bonds. The molecule has 1 fully saturated rings. The molecule has 0 spiro atoms. The van der Waals surface area contributed by atoms with Gasteiger partial charge in [0.1, 0.15) is 0 Å². The minimum atomic E-state index is -0.264. The van der Waals surface area contributed by atoms with Gasteiger partial charge in [-0.2, -0.15) is 0 Å². The molecule has 5 heteroatoms. The van der Waals surface area contributed by atoms with Crippen LogP contribution in [-0.4, -0.2) is 63.7 Å². The Hall–Kier alpha value is -1.17. The van der Waals surface area contributed by atoms with Gasteiger partial charge in [0.2, 0.25) is 0 Å². The molecule has 0 aliphatic carbocycles. The van der Waals surface area contributed by atoms with Gasteiger partial charge in [0.05, 0.1) is 13.2 Å². The number of hydrogen-bond acceptors (Lipinski definition) is 4. The third-order valence-corrected chi connectivity index (χ3v) is 4.36. The van der Waals surface area contributed by atoms with E-state index in [1.54, 1.807) is 6.07 Å². The maximum Gasteiger partial charge on any atom is 0.169 e. The molecule has 0 saturated carbocycles. The van der Waals surface area contributed by atoms with E-state index in [4.69, 9.17) is 4.74 Å². The average Bonchev–Trinajstić information content (AvgIpc) is 2.63. The minimum Gasteiger partial charge on any atom is -0.494 e. The molecule has 1 aromatic rings. The Morgan fingerprint density at radius 1 is 1.33 bits per heavy atom. The third-order valence-electron chi connectivity index (χ3n) is 4.36. The van der Waals surface area contributed by atoms with Gasteiger partial charge in [-0.25, -0.2) is 4.39 Å². The molecule has 118 valence electrons. The Morgan fingerprint density at radius 2 is 2.10 bits per heavy atom. The summed E-state index contributed by atoms with van der Waals surface area (Å²) in [6.07, 6.45) is 1.14. The van der Waals surface area contributed by atoms with Crippen molar-refractivity contribution in [2.24, 2.45) is 0 Å². The van der Waals surface area contributed by atoms with Crippen molar-refractivity contribution in [1.29, 1.82) is 0 Å². The van der Waals surface area contributed by atoms with E-state index in [1.165, 1.54) is 7.11 Å². The maximum atomic E-state index is 14.6. The van der Waals surface area contributed by atoms with Gasteiger partial charge in [0.25, 0.3) is 0 Å². The van der Waals surface area contributed by atoms with Gasteiger partial charge >= 0.3 is 0 Å². The molecule has 1 aliphatic rings. The summed E-state index contributed by atoms with van der Waals surface area (Å²) < 4.78 is 19.7. The number of halogens is 1. The summed E-state index contributed by atoms with van der Waals surface area (Å²) in [4.78, 5) is 4.64. The van der Waals surface area contributed by atoms with Crippen LogP contribution in [0.25, 0.3) is 0 Å². The SMILES string of the molecule is CNC(c1cccc(OC)c1F)C1CN(C)CCCN1C. The summed E-state index contributed by atoms with van der Waals surface area (Å²) in [5, 5.41) is 3.30. The molecule has 2 rings (SSSR count). The average molecular weight is 295 g/mol. The molecule has 2 atom stereocenters. The third kappa shape index (κ3) is 3.54. The van der Waals surface area contributed by atoms with Crippen LogP contribution in [-0.2, 0) is 0 Å². The fourth-order valence-corrected chi connectivity index (χ4v) is 3.15. The summed E-state index contributed by atoms with van der Waals surface area (Å²) in [6, 6.07) is 5.52. The molecule has 21 heavy (non-hydrogen) atoms. The predicted octanol–water partition coefficient (Wildman–Crippen LogP) is 1.73. The lowest BCUT2D eigenvalue weighted by atomic mass is 9.97. The standard InChI is InChI=1S/C16H26FN3O/c1-18-16(12-7-5-8-14(21-4)15(12)17)13-11-19(2)9-6-10-20(13)3/h5,7-8,13,16,18H,6,9-11H2,1-4H3. The van der Waals surface area contributed by atoms with Crippen molar-refractivity contribution in [2.75, 3.05) is 47.9 Å². The van der Waals surface area contributed by atoms with Crippen LogP contribution in [0.3, 0.4) is 0 Å². The molecular weight excluding hydrogens is 269 g/mol. The van der Waals surface area contributed by atoms with E-state index >= 15 is 0 Å². The molecule has 0 bridgehead atoms. The summed E-state index contributed by atoms with van der Waals surface area (Å²) in [7, 11) is 7.64. The first-order chi connectivity index (χ1) is 10.1. The van der Waals surface area contributed by atoms with Crippen molar-refractivity contribution < 1.29 is 9.13 Å². The zero-order chi connectivity index (χ0) is 15.4. The van der Waals surface area contributed by atoms with Crippen molar-refractivity contribution >= 4 is 0 Å². The summed E-state index contributed by atoms with van der Waals surface area (Å²) in [6.45, 7) is 3.02. The topological polar surface area (TPSA) is 27.7 Å². The Balaban J connectivity index is 2.33. The van der Waals surface area contributed by atoms with Crippen LogP contribution in [0.5, 0.6) is 5.75 Å². The molecule has 1 saturated heterocycles. The Bertz CT molecular complexity index is 469. The maximum absolute atomic E-state index is 14.6. The number of methoxy groups -OCH3 is 1. The number of nitrogens with zero attached hydrogens (tertiary/aromatic N) is 2. The lowest BCUT2D eigenvalue weighted by Crippen LogP contribution is -2.46. The highest BCUT2D eigenvalue weighted by Gasteiger charge is 2.30. The molecule has 4 nitrogen and oxygen atoms in total. The van der Waals surface area contributed by atoms with E-state index < -0.39 is 0 Å². The van der Waals surface area contributed by atoms with Crippen LogP contribution in [0.4, 0.5) is 4.39 Å². The number of likely N-dealkylation sites (N-methyl/N-ethyl adjacent to an activating group) is 3. The van der Waals surface area contributed by atoms with Crippen molar-refractivity contribution in [3.05, 3.63) is 29.6 Å². The van der Waals surface area contributed by atoms with Gasteiger partial charge in [-0.15, -0.1) is 0 Å². The second-order valence-corrected chi connectivity index (χ2v) is 5.79. The Morgan fingerprint density at radius 3 is 2.76 bits per heavy atom. The zero-order valence-electron chi connectivity index (χ0n) is 13.4. The van der Waals surface area contributed by atoms with Crippen molar-refractivity contribution in [2.45, 2.75) is 18.5 Å². The van der Waals surface area contributed by atoms with E-state index in [1.807, 2.05) is 19.2 Å². The van der Waals surface area contributed by atoms with Gasteiger partial charge in [0, 0.05) is 18.2 Å². The van der Waals surface area contributed by atoms with Crippen LogP contribution < -0.4 is 10.1 Å². The van der Waals surface area contributed by atoms with E-state index in [9.17, 15) is 4.39 Å². The first-order valence-corrected chi connectivity index (χ1v) is 7.47. The van der Waals surface area contributed by atoms with E-state index in [2.05, 4.69) is 29.2 Å². The van der Waals surface area contributed by atoms with Crippen LogP contribution in [0.15, 0.2) is 18.2 Å². The van der Waals surface area contributed by atoms with Gasteiger partial charge in [-0.05, 0) is 46.7 Å². The highest BCUT2D eigenvalue weighted by molar-refractivity contribution is 5.34. The first kappa shape index (κ1) is 16.2. The van der Waals surface area contributed by atoms with Gasteiger partial charge < -0.3 is 19.9 Å². The molecule has 0 radical (unpaired) electrons. The smallest absolute Gasteiger partial charge is 0.169 e. The normalized spacial score (nSPS) is 22.8. The van der Waals surface area contributed by atoms with Crippen molar-refractivity contribution in [3.63, 3.8) is 0 Å². The summed E-state index contributed by atoms with van der Waals surface area (Å²) in [5.41, 5.74) is 0.670. The van der Waals surface area contributed by atoms with E-state index in [0.29, 0.717) is 11.3 Å². The number of rotatable bonds is 4. The van der Waals surface area contributed by atoms with Gasteiger partial charge in [-0.3, -0.25) is 0 Å². The molecule has 1 aromatic carbocycles. The number of nitrogens with one attached hydrogen (secondary N) is 1. The second kappa shape index (κ2) is 7.20. The van der Waals surface area contributed by atoms with Crippen molar-refractivity contribution in [1.82, 2.24) is 15.1 Å². The molecular formula is C16H26FN3O. The summed E-state index contributed by atoms with van der Waals surface area (Å²) in [5.74, 6) is 0.0389. The fourth-order valence-electron chi connectivity index (χ4n) is 3.15. The lowest BCUT2D eigenvalue weighted by Gasteiger charge is -2.35. The summed E-state index contributed by atoms with van der Waals surface area (Å²) >= 11 is 0. The van der Waals surface area contributed by atoms with E-state index in [0.717, 1.165) is 26.1 Å². The molecule has 2 unspecified atom stereocenters. The number of hydrogen-bond donors (Lipinski definition) is 1. The quantitative estimate of drug-likeness (QED) is 0.915. The lowest BCUT2D eigenvalue weighted by molar-refractivity contribution is 0.180. The predicted molar refractivity (Wildman–Crippen MR) is 83.3 cm³/mol. The number of ether oxygens (including phenoxy) is 1. The monoisotopic (exact) mass is 295 g/mol. The van der Waals surface area contributed by atoms with Gasteiger partial charge in [-0.1, -0.05) is 12.1 Å². The first-order valence-electron chi connectivity index (χ1n) is 7.47. The van der Waals surface area contributed by atoms with E-state index in [-0.39, 0.29) is 17.9 Å². The number of benzene rings is 1. The minimum absolute atomic E-state index is 0.0642. The van der Waals surface area contributed by atoms with Gasteiger partial charge in [0.15, 0.2) is 11.6 Å². The van der Waals surface area contributed by atoms with Crippen LogP contribution >= 0.6 is 0 Å². The Labute approximate surface area is 126 Å². The van der Waals surface area contributed by atoms with Crippen LogP contribution in [0.2, 0.25) is 0 Å². The zero-order valence-corrected chi connectivity index (χ0v) is 13.4. The second-order valence-electron chi connectivity index (χ2n) is 5.79. The molecule has 1 N–H and O–H groups in total. The molecule has 1 heterocycles. The Kier molecular flexibility index (Phi) is 5.56. The fraction of sp³-hybridized carbons (Fsp3) is 0.625. The largest absolute Gasteiger partial charge is 0.494 e.